The Kier molecular flexibility index (Phi) is 4.21. The Balaban J connectivity index is 1.85. The lowest BCUT2D eigenvalue weighted by molar-refractivity contribution is 0.498. The number of halogens is 1. The third-order valence-corrected chi connectivity index (χ3v) is 3.19. The standard InChI is InChI=1S/C14H16ClNO/c1-11-4-2-8-16-14(11)10-12(15)6-7-13-5-3-9-17-13/h2-5,8-9,12H,6-7,10H2,1H3. The van der Waals surface area contributed by atoms with Gasteiger partial charge in [-0.2, -0.15) is 0 Å². The number of nitrogens with zero attached hydrogens (tertiary/aromatic N) is 1. The predicted octanol–water partition coefficient (Wildman–Crippen LogP) is 3.77. The van der Waals surface area contributed by atoms with Crippen molar-refractivity contribution in [2.75, 3.05) is 0 Å². The van der Waals surface area contributed by atoms with Crippen molar-refractivity contribution < 1.29 is 4.42 Å². The zero-order valence-electron chi connectivity index (χ0n) is 9.90. The second kappa shape index (κ2) is 5.87. The molecule has 0 amide bonds. The minimum Gasteiger partial charge on any atom is -0.469 e. The highest BCUT2D eigenvalue weighted by Crippen LogP contribution is 2.15. The normalized spacial score (nSPS) is 12.6. The molecule has 0 aliphatic carbocycles. The molecule has 1 unspecified atom stereocenters. The van der Waals surface area contributed by atoms with E-state index >= 15 is 0 Å². The average Bonchev–Trinajstić information content (AvgIpc) is 2.82. The van der Waals surface area contributed by atoms with Crippen molar-refractivity contribution in [1.82, 2.24) is 4.98 Å². The number of hydrogen-bond acceptors (Lipinski definition) is 2. The maximum Gasteiger partial charge on any atom is 0.103 e. The van der Waals surface area contributed by atoms with E-state index in [9.17, 15) is 0 Å². The van der Waals surface area contributed by atoms with E-state index in [0.717, 1.165) is 30.7 Å². The minimum absolute atomic E-state index is 0.105. The first-order chi connectivity index (χ1) is 8.25. The summed E-state index contributed by atoms with van der Waals surface area (Å²) in [5.74, 6) is 0.994. The van der Waals surface area contributed by atoms with Crippen LogP contribution in [0.1, 0.15) is 23.4 Å². The first kappa shape index (κ1) is 12.2. The summed E-state index contributed by atoms with van der Waals surface area (Å²) in [5, 5.41) is 0.105. The lowest BCUT2D eigenvalue weighted by Crippen LogP contribution is -2.07. The zero-order valence-corrected chi connectivity index (χ0v) is 10.7. The highest BCUT2D eigenvalue weighted by molar-refractivity contribution is 6.20. The van der Waals surface area contributed by atoms with Gasteiger partial charge in [0.1, 0.15) is 5.76 Å². The van der Waals surface area contributed by atoms with Gasteiger partial charge < -0.3 is 4.42 Å². The number of aryl methyl sites for hydroxylation is 2. The van der Waals surface area contributed by atoms with Crippen LogP contribution in [0.15, 0.2) is 41.1 Å². The average molecular weight is 250 g/mol. The second-order valence-corrected chi connectivity index (χ2v) is 4.80. The van der Waals surface area contributed by atoms with Crippen molar-refractivity contribution in [3.8, 4) is 0 Å². The number of furan rings is 1. The van der Waals surface area contributed by atoms with Crippen LogP contribution in [0.5, 0.6) is 0 Å². The van der Waals surface area contributed by atoms with Crippen molar-refractivity contribution in [2.24, 2.45) is 0 Å². The monoisotopic (exact) mass is 249 g/mol. The van der Waals surface area contributed by atoms with Gasteiger partial charge in [-0.3, -0.25) is 4.98 Å². The molecule has 0 aromatic carbocycles. The van der Waals surface area contributed by atoms with Crippen LogP contribution in [0.25, 0.3) is 0 Å². The Hall–Kier alpha value is -1.28. The number of rotatable bonds is 5. The molecule has 0 radical (unpaired) electrons. The molecule has 2 rings (SSSR count). The molecule has 0 bridgehead atoms. The van der Waals surface area contributed by atoms with Crippen molar-refractivity contribution in [3.63, 3.8) is 0 Å². The molecule has 0 saturated heterocycles. The molecule has 0 fully saturated rings. The van der Waals surface area contributed by atoms with Crippen LogP contribution < -0.4 is 0 Å². The summed E-state index contributed by atoms with van der Waals surface area (Å²) < 4.78 is 5.28. The van der Waals surface area contributed by atoms with E-state index in [-0.39, 0.29) is 5.38 Å². The molecule has 2 heterocycles. The number of hydrogen-bond donors (Lipinski definition) is 0. The summed E-state index contributed by atoms with van der Waals surface area (Å²) in [6.45, 7) is 2.07. The molecular formula is C14H16ClNO. The van der Waals surface area contributed by atoms with Crippen molar-refractivity contribution in [1.29, 1.82) is 0 Å². The fraction of sp³-hybridized carbons (Fsp3) is 0.357. The quantitative estimate of drug-likeness (QED) is 0.754. The van der Waals surface area contributed by atoms with E-state index in [2.05, 4.69) is 18.0 Å². The predicted molar refractivity (Wildman–Crippen MR) is 69.3 cm³/mol. The fourth-order valence-corrected chi connectivity index (χ4v) is 2.05. The molecule has 0 N–H and O–H groups in total. The highest BCUT2D eigenvalue weighted by Gasteiger charge is 2.09. The highest BCUT2D eigenvalue weighted by atomic mass is 35.5. The van der Waals surface area contributed by atoms with Gasteiger partial charge >= 0.3 is 0 Å². The van der Waals surface area contributed by atoms with E-state index in [1.165, 1.54) is 5.56 Å². The Labute approximate surface area is 107 Å². The number of aromatic nitrogens is 1. The Morgan fingerprint density at radius 3 is 2.94 bits per heavy atom. The van der Waals surface area contributed by atoms with Crippen LogP contribution in [0.2, 0.25) is 0 Å². The van der Waals surface area contributed by atoms with E-state index < -0.39 is 0 Å². The maximum absolute atomic E-state index is 6.32. The van der Waals surface area contributed by atoms with Gasteiger partial charge in [0.15, 0.2) is 0 Å². The molecule has 0 spiro atoms. The van der Waals surface area contributed by atoms with Gasteiger partial charge in [0.2, 0.25) is 0 Å². The smallest absolute Gasteiger partial charge is 0.103 e. The van der Waals surface area contributed by atoms with Crippen LogP contribution >= 0.6 is 11.6 Å². The van der Waals surface area contributed by atoms with Gasteiger partial charge in [-0.15, -0.1) is 11.6 Å². The van der Waals surface area contributed by atoms with Crippen LogP contribution in [0, 0.1) is 6.92 Å². The van der Waals surface area contributed by atoms with Crippen LogP contribution in [0.4, 0.5) is 0 Å². The Bertz CT molecular complexity index is 453. The Morgan fingerprint density at radius 1 is 1.35 bits per heavy atom. The lowest BCUT2D eigenvalue weighted by atomic mass is 10.1. The van der Waals surface area contributed by atoms with E-state index in [0.29, 0.717) is 0 Å². The number of pyridine rings is 1. The molecule has 2 aromatic rings. The lowest BCUT2D eigenvalue weighted by Gasteiger charge is -2.09. The van der Waals surface area contributed by atoms with Gasteiger partial charge in [-0.25, -0.2) is 0 Å². The van der Waals surface area contributed by atoms with Gasteiger partial charge in [0.05, 0.1) is 6.26 Å². The summed E-state index contributed by atoms with van der Waals surface area (Å²) in [6, 6.07) is 7.90. The molecule has 2 nitrogen and oxygen atoms in total. The largest absolute Gasteiger partial charge is 0.469 e. The molecule has 2 aromatic heterocycles. The van der Waals surface area contributed by atoms with Gasteiger partial charge in [-0.05, 0) is 37.1 Å². The molecule has 0 aliphatic heterocycles. The van der Waals surface area contributed by atoms with E-state index in [1.54, 1.807) is 6.26 Å². The minimum atomic E-state index is 0.105. The molecule has 0 aliphatic rings. The summed E-state index contributed by atoms with van der Waals surface area (Å²) in [5.41, 5.74) is 2.29. The van der Waals surface area contributed by atoms with Crippen LogP contribution in [-0.4, -0.2) is 10.4 Å². The first-order valence-corrected chi connectivity index (χ1v) is 6.26. The summed E-state index contributed by atoms with van der Waals surface area (Å²) >= 11 is 6.32. The topological polar surface area (TPSA) is 26.0 Å². The van der Waals surface area contributed by atoms with Crippen molar-refractivity contribution in [2.45, 2.75) is 31.6 Å². The van der Waals surface area contributed by atoms with Gasteiger partial charge in [0, 0.05) is 30.1 Å². The maximum atomic E-state index is 6.32. The summed E-state index contributed by atoms with van der Waals surface area (Å²) in [6.07, 6.45) is 6.12. The van der Waals surface area contributed by atoms with Crippen LogP contribution in [0.3, 0.4) is 0 Å². The first-order valence-electron chi connectivity index (χ1n) is 5.82. The second-order valence-electron chi connectivity index (χ2n) is 4.19. The SMILES string of the molecule is Cc1cccnc1CC(Cl)CCc1ccco1. The molecule has 17 heavy (non-hydrogen) atoms. The zero-order chi connectivity index (χ0) is 12.1. The van der Waals surface area contributed by atoms with Gasteiger partial charge in [0.25, 0.3) is 0 Å². The third-order valence-electron chi connectivity index (χ3n) is 2.82. The van der Waals surface area contributed by atoms with E-state index in [4.69, 9.17) is 16.0 Å². The van der Waals surface area contributed by atoms with Gasteiger partial charge in [-0.1, -0.05) is 6.07 Å². The molecule has 3 heteroatoms. The molecule has 0 saturated carbocycles. The van der Waals surface area contributed by atoms with Crippen LogP contribution in [-0.2, 0) is 12.8 Å². The molecule has 1 atom stereocenters. The van der Waals surface area contributed by atoms with E-state index in [1.807, 2.05) is 24.4 Å². The molecule has 90 valence electrons. The molecular weight excluding hydrogens is 234 g/mol. The summed E-state index contributed by atoms with van der Waals surface area (Å²) in [4.78, 5) is 4.36. The fourth-order valence-electron chi connectivity index (χ4n) is 1.80. The third kappa shape index (κ3) is 3.60. The Morgan fingerprint density at radius 2 is 2.24 bits per heavy atom. The summed E-state index contributed by atoms with van der Waals surface area (Å²) in [7, 11) is 0. The number of alkyl halides is 1. The van der Waals surface area contributed by atoms with Crippen molar-refractivity contribution >= 4 is 11.6 Å². The van der Waals surface area contributed by atoms with Crippen molar-refractivity contribution in [3.05, 3.63) is 53.7 Å².